The summed E-state index contributed by atoms with van der Waals surface area (Å²) in [6, 6.07) is 0.917. The maximum atomic E-state index is 2.42. The molecule has 2 unspecified atom stereocenters. The van der Waals surface area contributed by atoms with Crippen molar-refractivity contribution in [3.8, 4) is 0 Å². The summed E-state index contributed by atoms with van der Waals surface area (Å²) in [6.07, 6.45) is 1.42. The third-order valence-corrected chi connectivity index (χ3v) is 2.13. The Bertz CT molecular complexity index is 78.5. The van der Waals surface area contributed by atoms with Gasteiger partial charge in [-0.15, -0.1) is 0 Å². The highest BCUT2D eigenvalue weighted by molar-refractivity contribution is 4.89. The molecule has 1 saturated carbocycles. The number of hydrogen-bond acceptors (Lipinski definition) is 1. The molecule has 0 heterocycles. The third kappa shape index (κ3) is 1.03. The van der Waals surface area contributed by atoms with Crippen LogP contribution in [-0.2, 0) is 0 Å². The zero-order chi connectivity index (χ0) is 6.15. The van der Waals surface area contributed by atoms with Gasteiger partial charge in [0.2, 0.25) is 0 Å². The summed E-state index contributed by atoms with van der Waals surface area (Å²) >= 11 is 0. The molecule has 1 aliphatic rings. The fraction of sp³-hybridized carbons (Fsp3) is 1.00. The summed E-state index contributed by atoms with van der Waals surface area (Å²) in [6.45, 7) is 5.73. The fourth-order valence-electron chi connectivity index (χ4n) is 1.15. The summed E-state index contributed by atoms with van der Waals surface area (Å²) < 4.78 is 0. The molecule has 1 fully saturated rings. The first-order valence-electron chi connectivity index (χ1n) is 3.46. The molecular formula is C7H15N. The first kappa shape index (κ1) is 6.09. The predicted molar refractivity (Wildman–Crippen MR) is 35.9 cm³/mol. The second-order valence-electron chi connectivity index (χ2n) is 2.85. The van der Waals surface area contributed by atoms with Crippen LogP contribution in [0.25, 0.3) is 0 Å². The molecular weight excluding hydrogens is 98.1 g/mol. The summed E-state index contributed by atoms with van der Waals surface area (Å²) in [5.41, 5.74) is 0. The van der Waals surface area contributed by atoms with Crippen LogP contribution in [0, 0.1) is 5.92 Å². The molecule has 2 atom stereocenters. The Kier molecular flexibility index (Phi) is 1.57. The molecule has 48 valence electrons. The highest BCUT2D eigenvalue weighted by Crippen LogP contribution is 2.33. The lowest BCUT2D eigenvalue weighted by atomic mass is 10.4. The monoisotopic (exact) mass is 113 g/mol. The molecule has 0 radical (unpaired) electrons. The zero-order valence-electron chi connectivity index (χ0n) is 6.02. The summed E-state index contributed by atoms with van der Waals surface area (Å²) in [5.74, 6) is 0.972. The van der Waals surface area contributed by atoms with Crippen LogP contribution >= 0.6 is 0 Å². The highest BCUT2D eigenvalue weighted by Gasteiger charge is 2.34. The topological polar surface area (TPSA) is 3.24 Å². The van der Waals surface area contributed by atoms with Gasteiger partial charge in [-0.1, -0.05) is 13.8 Å². The highest BCUT2D eigenvalue weighted by atomic mass is 15.2. The minimum Gasteiger partial charge on any atom is -0.303 e. The largest absolute Gasteiger partial charge is 0.303 e. The fourth-order valence-corrected chi connectivity index (χ4v) is 1.15. The predicted octanol–water partition coefficient (Wildman–Crippen LogP) is 1.35. The normalized spacial score (nSPS) is 36.0. The van der Waals surface area contributed by atoms with E-state index in [0.717, 1.165) is 12.0 Å². The van der Waals surface area contributed by atoms with Crippen LogP contribution < -0.4 is 0 Å². The van der Waals surface area contributed by atoms with Crippen LogP contribution in [0.15, 0.2) is 0 Å². The van der Waals surface area contributed by atoms with E-state index in [1.165, 1.54) is 13.0 Å². The lowest BCUT2D eigenvalue weighted by Crippen LogP contribution is -2.20. The van der Waals surface area contributed by atoms with Crippen molar-refractivity contribution in [3.63, 3.8) is 0 Å². The first-order chi connectivity index (χ1) is 3.75. The zero-order valence-corrected chi connectivity index (χ0v) is 6.02. The molecule has 0 N–H and O–H groups in total. The van der Waals surface area contributed by atoms with Gasteiger partial charge in [0.05, 0.1) is 0 Å². The average molecular weight is 113 g/mol. The van der Waals surface area contributed by atoms with Gasteiger partial charge in [0.1, 0.15) is 0 Å². The van der Waals surface area contributed by atoms with E-state index in [2.05, 4.69) is 25.8 Å². The molecule has 0 bridgehead atoms. The van der Waals surface area contributed by atoms with Crippen LogP contribution in [0.4, 0.5) is 0 Å². The molecule has 1 heteroatoms. The quantitative estimate of drug-likeness (QED) is 0.522. The van der Waals surface area contributed by atoms with Crippen molar-refractivity contribution in [2.24, 2.45) is 5.92 Å². The van der Waals surface area contributed by atoms with E-state index in [1.54, 1.807) is 0 Å². The van der Waals surface area contributed by atoms with E-state index in [9.17, 15) is 0 Å². The Hall–Kier alpha value is -0.0400. The smallest absolute Gasteiger partial charge is 0.0121 e. The van der Waals surface area contributed by atoms with Gasteiger partial charge in [0.25, 0.3) is 0 Å². The van der Waals surface area contributed by atoms with Gasteiger partial charge >= 0.3 is 0 Å². The maximum absolute atomic E-state index is 2.42. The molecule has 0 aromatic heterocycles. The van der Waals surface area contributed by atoms with E-state index >= 15 is 0 Å². The van der Waals surface area contributed by atoms with Crippen molar-refractivity contribution >= 4 is 0 Å². The second kappa shape index (κ2) is 2.06. The van der Waals surface area contributed by atoms with E-state index < -0.39 is 0 Å². The van der Waals surface area contributed by atoms with Gasteiger partial charge in [-0.05, 0) is 25.9 Å². The second-order valence-corrected chi connectivity index (χ2v) is 2.85. The maximum Gasteiger partial charge on any atom is 0.0121 e. The molecule has 1 nitrogen and oxygen atoms in total. The number of rotatable bonds is 2. The van der Waals surface area contributed by atoms with E-state index in [0.29, 0.717) is 0 Å². The molecule has 1 aliphatic carbocycles. The Balaban J connectivity index is 2.18. The summed E-state index contributed by atoms with van der Waals surface area (Å²) in [5, 5.41) is 0. The minimum atomic E-state index is 0.917. The Morgan fingerprint density at radius 3 is 2.25 bits per heavy atom. The SMILES string of the molecule is CCN(C)C1CC1C. The minimum absolute atomic E-state index is 0.917. The number of nitrogens with zero attached hydrogens (tertiary/aromatic N) is 1. The first-order valence-corrected chi connectivity index (χ1v) is 3.46. The van der Waals surface area contributed by atoms with Gasteiger partial charge < -0.3 is 4.90 Å². The molecule has 0 amide bonds. The van der Waals surface area contributed by atoms with E-state index in [4.69, 9.17) is 0 Å². The van der Waals surface area contributed by atoms with Crippen molar-refractivity contribution in [2.45, 2.75) is 26.3 Å². The molecule has 0 aromatic carbocycles. The Morgan fingerprint density at radius 1 is 1.62 bits per heavy atom. The molecule has 0 saturated heterocycles. The molecule has 1 rings (SSSR count). The van der Waals surface area contributed by atoms with Crippen LogP contribution in [0.3, 0.4) is 0 Å². The Labute approximate surface area is 51.7 Å². The van der Waals surface area contributed by atoms with Crippen molar-refractivity contribution in [2.75, 3.05) is 13.6 Å². The number of hydrogen-bond donors (Lipinski definition) is 0. The molecule has 0 aliphatic heterocycles. The van der Waals surface area contributed by atoms with Gasteiger partial charge in [-0.3, -0.25) is 0 Å². The van der Waals surface area contributed by atoms with Crippen LogP contribution in [0.1, 0.15) is 20.3 Å². The van der Waals surface area contributed by atoms with E-state index in [-0.39, 0.29) is 0 Å². The lowest BCUT2D eigenvalue weighted by molar-refractivity contribution is 0.329. The standard InChI is InChI=1S/C7H15N/c1-4-8(3)7-5-6(7)2/h6-7H,4-5H2,1-3H3. The van der Waals surface area contributed by atoms with Crippen LogP contribution in [0.5, 0.6) is 0 Å². The van der Waals surface area contributed by atoms with Crippen LogP contribution in [0.2, 0.25) is 0 Å². The van der Waals surface area contributed by atoms with Crippen molar-refractivity contribution in [1.82, 2.24) is 4.90 Å². The van der Waals surface area contributed by atoms with Crippen LogP contribution in [-0.4, -0.2) is 24.5 Å². The Morgan fingerprint density at radius 2 is 2.12 bits per heavy atom. The van der Waals surface area contributed by atoms with Crippen molar-refractivity contribution in [1.29, 1.82) is 0 Å². The third-order valence-electron chi connectivity index (χ3n) is 2.13. The van der Waals surface area contributed by atoms with Gasteiger partial charge in [0, 0.05) is 6.04 Å². The van der Waals surface area contributed by atoms with Gasteiger partial charge in [0.15, 0.2) is 0 Å². The van der Waals surface area contributed by atoms with Gasteiger partial charge in [-0.2, -0.15) is 0 Å². The lowest BCUT2D eigenvalue weighted by Gasteiger charge is -2.11. The summed E-state index contributed by atoms with van der Waals surface area (Å²) in [7, 11) is 2.20. The van der Waals surface area contributed by atoms with Crippen molar-refractivity contribution < 1.29 is 0 Å². The molecule has 8 heavy (non-hydrogen) atoms. The summed E-state index contributed by atoms with van der Waals surface area (Å²) in [4.78, 5) is 2.42. The van der Waals surface area contributed by atoms with Crippen molar-refractivity contribution in [3.05, 3.63) is 0 Å². The van der Waals surface area contributed by atoms with E-state index in [1.807, 2.05) is 0 Å². The molecule has 0 spiro atoms. The average Bonchev–Trinajstić information content (AvgIpc) is 2.45. The van der Waals surface area contributed by atoms with Gasteiger partial charge in [-0.25, -0.2) is 0 Å². The molecule has 0 aromatic rings.